The lowest BCUT2D eigenvalue weighted by atomic mass is 9.78. The zero-order chi connectivity index (χ0) is 22.0. The number of amides is 1. The fourth-order valence-corrected chi connectivity index (χ4v) is 4.19. The van der Waals surface area contributed by atoms with Crippen molar-refractivity contribution in [2.75, 3.05) is 4.90 Å². The molecule has 1 fully saturated rings. The molecule has 0 aromatic heterocycles. The molecule has 1 heterocycles. The van der Waals surface area contributed by atoms with Crippen molar-refractivity contribution in [3.63, 3.8) is 0 Å². The standard InChI is InChI=1S/C24H22F2NO3P/c25-17-5-1-15(2-6-17)22(28)14-13-21-23(16-3-11-20(30-31)12-4-16)27(24(21)29)19-9-7-18(26)8-10-19/h1-12,21-23,28H,13-14,31H2/t21-,22+,23-/m1/s1. The van der Waals surface area contributed by atoms with E-state index in [1.165, 1.54) is 24.3 Å². The molecule has 4 atom stereocenters. The second-order valence-electron chi connectivity index (χ2n) is 7.57. The number of carbonyl (C=O) groups is 1. The van der Waals surface area contributed by atoms with Gasteiger partial charge in [0.2, 0.25) is 5.91 Å². The van der Waals surface area contributed by atoms with E-state index in [-0.39, 0.29) is 29.5 Å². The van der Waals surface area contributed by atoms with Gasteiger partial charge in [-0.2, -0.15) is 0 Å². The Kier molecular flexibility index (Phi) is 6.30. The normalized spacial score (nSPS) is 19.1. The molecule has 0 aliphatic carbocycles. The van der Waals surface area contributed by atoms with Crippen LogP contribution >= 0.6 is 9.47 Å². The lowest BCUT2D eigenvalue weighted by Crippen LogP contribution is -2.55. The van der Waals surface area contributed by atoms with Crippen LogP contribution in [-0.4, -0.2) is 11.0 Å². The van der Waals surface area contributed by atoms with Crippen molar-refractivity contribution in [2.24, 2.45) is 5.92 Å². The fourth-order valence-electron chi connectivity index (χ4n) is 4.03. The first-order chi connectivity index (χ1) is 15.0. The molecule has 31 heavy (non-hydrogen) atoms. The molecule has 0 spiro atoms. The van der Waals surface area contributed by atoms with E-state index in [9.17, 15) is 18.7 Å². The molecule has 0 saturated carbocycles. The van der Waals surface area contributed by atoms with Crippen molar-refractivity contribution < 1.29 is 23.2 Å². The van der Waals surface area contributed by atoms with Crippen molar-refractivity contribution in [1.29, 1.82) is 0 Å². The minimum atomic E-state index is -0.790. The first kappa shape index (κ1) is 21.4. The van der Waals surface area contributed by atoms with Gasteiger partial charge in [0.1, 0.15) is 17.4 Å². The van der Waals surface area contributed by atoms with Gasteiger partial charge in [-0.3, -0.25) is 4.79 Å². The Balaban J connectivity index is 1.55. The van der Waals surface area contributed by atoms with Crippen molar-refractivity contribution in [3.8, 4) is 5.75 Å². The summed E-state index contributed by atoms with van der Waals surface area (Å²) in [6.45, 7) is 0. The summed E-state index contributed by atoms with van der Waals surface area (Å²) in [5.41, 5.74) is 2.16. The predicted molar refractivity (Wildman–Crippen MR) is 117 cm³/mol. The number of hydrogen-bond donors (Lipinski definition) is 1. The summed E-state index contributed by atoms with van der Waals surface area (Å²) in [7, 11) is 2.19. The molecule has 1 aliphatic heterocycles. The quantitative estimate of drug-likeness (QED) is 0.397. The van der Waals surface area contributed by atoms with Gasteiger partial charge in [-0.25, -0.2) is 8.78 Å². The highest BCUT2D eigenvalue weighted by atomic mass is 31.0. The summed E-state index contributed by atoms with van der Waals surface area (Å²) >= 11 is 0. The first-order valence-corrected chi connectivity index (χ1v) is 10.4. The SMILES string of the molecule is O=C1[C@H](CC[C@H](O)c2ccc(F)cc2)[C@@H](c2ccc(OP)cc2)N1c1ccc(F)cc1. The average molecular weight is 441 g/mol. The number of nitrogens with zero attached hydrogens (tertiary/aromatic N) is 1. The third-order valence-corrected chi connectivity index (χ3v) is 5.95. The Morgan fingerprint density at radius 3 is 2.10 bits per heavy atom. The minimum Gasteiger partial charge on any atom is -0.480 e. The number of hydrogen-bond acceptors (Lipinski definition) is 3. The van der Waals surface area contributed by atoms with Crippen LogP contribution in [0, 0.1) is 17.6 Å². The molecule has 1 saturated heterocycles. The first-order valence-electron chi connectivity index (χ1n) is 9.97. The van der Waals surface area contributed by atoms with E-state index >= 15 is 0 Å². The Morgan fingerprint density at radius 2 is 1.52 bits per heavy atom. The van der Waals surface area contributed by atoms with Crippen LogP contribution in [0.25, 0.3) is 0 Å². The van der Waals surface area contributed by atoms with Crippen LogP contribution in [0.15, 0.2) is 72.8 Å². The Hall–Kier alpha value is -2.82. The average Bonchev–Trinajstić information content (AvgIpc) is 2.79. The molecule has 160 valence electrons. The van der Waals surface area contributed by atoms with E-state index in [1.54, 1.807) is 29.2 Å². The molecule has 3 aromatic carbocycles. The second-order valence-corrected chi connectivity index (χ2v) is 7.80. The summed E-state index contributed by atoms with van der Waals surface area (Å²) in [6.07, 6.45) is 0.0336. The Morgan fingerprint density at radius 1 is 0.935 bits per heavy atom. The highest BCUT2D eigenvalue weighted by Crippen LogP contribution is 2.46. The lowest BCUT2D eigenvalue weighted by Gasteiger charge is -2.48. The highest BCUT2D eigenvalue weighted by Gasteiger charge is 2.48. The van der Waals surface area contributed by atoms with Gasteiger partial charge in [0.05, 0.1) is 27.5 Å². The van der Waals surface area contributed by atoms with E-state index in [0.717, 1.165) is 5.56 Å². The number of β-lactam (4-membered cyclic amide) rings is 1. The van der Waals surface area contributed by atoms with Gasteiger partial charge in [0.25, 0.3) is 0 Å². The van der Waals surface area contributed by atoms with Crippen molar-refractivity contribution in [3.05, 3.63) is 95.6 Å². The monoisotopic (exact) mass is 441 g/mol. The third kappa shape index (κ3) is 4.46. The van der Waals surface area contributed by atoms with E-state index in [1.807, 2.05) is 24.3 Å². The molecular weight excluding hydrogens is 419 g/mol. The van der Waals surface area contributed by atoms with Crippen LogP contribution < -0.4 is 9.42 Å². The summed E-state index contributed by atoms with van der Waals surface area (Å²) in [6, 6.07) is 18.7. The molecule has 1 amide bonds. The molecule has 1 N–H and O–H groups in total. The van der Waals surface area contributed by atoms with Crippen LogP contribution in [-0.2, 0) is 4.79 Å². The fraction of sp³-hybridized carbons (Fsp3) is 0.208. The van der Waals surface area contributed by atoms with Crippen LogP contribution in [0.1, 0.15) is 36.1 Å². The molecule has 7 heteroatoms. The van der Waals surface area contributed by atoms with E-state index < -0.39 is 6.10 Å². The van der Waals surface area contributed by atoms with Gasteiger partial charge in [-0.05, 0) is 72.5 Å². The van der Waals surface area contributed by atoms with E-state index in [0.29, 0.717) is 29.8 Å². The molecule has 1 aliphatic rings. The summed E-state index contributed by atoms with van der Waals surface area (Å²) in [4.78, 5) is 14.7. The molecule has 3 aromatic rings. The largest absolute Gasteiger partial charge is 0.480 e. The summed E-state index contributed by atoms with van der Waals surface area (Å²) in [5, 5.41) is 10.5. The number of aliphatic hydroxyl groups excluding tert-OH is 1. The second kappa shape index (κ2) is 9.13. The van der Waals surface area contributed by atoms with E-state index in [2.05, 4.69) is 9.47 Å². The van der Waals surface area contributed by atoms with Crippen molar-refractivity contribution >= 4 is 21.1 Å². The minimum absolute atomic E-state index is 0.0747. The number of carbonyl (C=O) groups excluding carboxylic acids is 1. The number of halogens is 2. The van der Waals surface area contributed by atoms with Crippen LogP contribution in [0.3, 0.4) is 0 Å². The predicted octanol–water partition coefficient (Wildman–Crippen LogP) is 5.35. The lowest BCUT2D eigenvalue weighted by molar-refractivity contribution is -0.131. The van der Waals surface area contributed by atoms with Crippen molar-refractivity contribution in [1.82, 2.24) is 0 Å². The van der Waals surface area contributed by atoms with Gasteiger partial charge in [0.15, 0.2) is 0 Å². The van der Waals surface area contributed by atoms with Crippen LogP contribution in [0.5, 0.6) is 5.75 Å². The number of aliphatic hydroxyl groups is 1. The van der Waals surface area contributed by atoms with Crippen LogP contribution in [0.4, 0.5) is 14.5 Å². The molecule has 1 unspecified atom stereocenters. The number of rotatable bonds is 7. The third-order valence-electron chi connectivity index (χ3n) is 5.68. The van der Waals surface area contributed by atoms with Crippen LogP contribution in [0.2, 0.25) is 0 Å². The van der Waals surface area contributed by atoms with Gasteiger partial charge >= 0.3 is 0 Å². The van der Waals surface area contributed by atoms with Crippen molar-refractivity contribution in [2.45, 2.75) is 25.0 Å². The number of benzene rings is 3. The van der Waals surface area contributed by atoms with Gasteiger partial charge in [-0.15, -0.1) is 0 Å². The Bertz CT molecular complexity index is 1040. The summed E-state index contributed by atoms with van der Waals surface area (Å²) in [5.74, 6) is -0.458. The zero-order valence-corrected chi connectivity index (χ0v) is 17.8. The smallest absolute Gasteiger partial charge is 0.233 e. The number of anilines is 1. The zero-order valence-electron chi connectivity index (χ0n) is 16.6. The maximum absolute atomic E-state index is 13.4. The topological polar surface area (TPSA) is 49.8 Å². The maximum Gasteiger partial charge on any atom is 0.233 e. The maximum atomic E-state index is 13.4. The summed E-state index contributed by atoms with van der Waals surface area (Å²) < 4.78 is 31.7. The molecular formula is C24H22F2NO3P. The van der Waals surface area contributed by atoms with Gasteiger partial charge < -0.3 is 14.5 Å². The molecule has 0 radical (unpaired) electrons. The van der Waals surface area contributed by atoms with Gasteiger partial charge in [-0.1, -0.05) is 24.3 Å². The van der Waals surface area contributed by atoms with Gasteiger partial charge in [0, 0.05) is 5.69 Å². The molecule has 4 rings (SSSR count). The highest BCUT2D eigenvalue weighted by molar-refractivity contribution is 7.10. The van der Waals surface area contributed by atoms with E-state index in [4.69, 9.17) is 4.52 Å². The molecule has 4 nitrogen and oxygen atoms in total. The Labute approximate surface area is 181 Å². The molecule has 0 bridgehead atoms.